The van der Waals surface area contributed by atoms with Gasteiger partial charge in [-0.2, -0.15) is 5.26 Å². The molecule has 0 heterocycles. The summed E-state index contributed by atoms with van der Waals surface area (Å²) >= 11 is 0. The SMILES string of the molecule is C/C=N\C(C#N)=C/CC. The highest BCUT2D eigenvalue weighted by atomic mass is 14.7. The predicted octanol–water partition coefficient (Wildman–Crippen LogP) is 1.89. The quantitative estimate of drug-likeness (QED) is 0.407. The van der Waals surface area contributed by atoms with Crippen molar-refractivity contribution in [2.75, 3.05) is 0 Å². The lowest BCUT2D eigenvalue weighted by atomic mass is 10.4. The molecule has 0 aliphatic carbocycles. The van der Waals surface area contributed by atoms with Crippen LogP contribution in [0.25, 0.3) is 0 Å². The Morgan fingerprint density at radius 2 is 2.44 bits per heavy atom. The van der Waals surface area contributed by atoms with Gasteiger partial charge in [-0.25, -0.2) is 0 Å². The van der Waals surface area contributed by atoms with Crippen molar-refractivity contribution in [1.82, 2.24) is 0 Å². The van der Waals surface area contributed by atoms with E-state index in [9.17, 15) is 0 Å². The van der Waals surface area contributed by atoms with Gasteiger partial charge < -0.3 is 0 Å². The molecule has 48 valence electrons. The molecule has 0 aromatic carbocycles. The van der Waals surface area contributed by atoms with Crippen LogP contribution in [0.2, 0.25) is 0 Å². The first kappa shape index (κ1) is 7.90. The van der Waals surface area contributed by atoms with Crippen LogP contribution in [-0.2, 0) is 0 Å². The Kier molecular flexibility index (Phi) is 4.43. The summed E-state index contributed by atoms with van der Waals surface area (Å²) in [6.45, 7) is 3.77. The third-order valence-electron chi connectivity index (χ3n) is 0.780. The molecule has 0 saturated carbocycles. The van der Waals surface area contributed by atoms with Crippen LogP contribution in [0, 0.1) is 11.3 Å². The van der Waals surface area contributed by atoms with Gasteiger partial charge in [-0.05, 0) is 19.4 Å². The third kappa shape index (κ3) is 3.48. The van der Waals surface area contributed by atoms with E-state index in [1.165, 1.54) is 0 Å². The maximum Gasteiger partial charge on any atom is 0.136 e. The molecule has 0 aromatic heterocycles. The number of allylic oxidation sites excluding steroid dienone is 2. The first-order valence-corrected chi connectivity index (χ1v) is 2.94. The molecule has 9 heavy (non-hydrogen) atoms. The van der Waals surface area contributed by atoms with Gasteiger partial charge in [-0.15, -0.1) is 0 Å². The molecule has 2 heteroatoms. The molecule has 0 rings (SSSR count). The molecule has 0 aromatic rings. The van der Waals surface area contributed by atoms with Gasteiger partial charge in [0.1, 0.15) is 11.8 Å². The fourth-order valence-electron chi connectivity index (χ4n) is 0.460. The van der Waals surface area contributed by atoms with Gasteiger partial charge in [0, 0.05) is 6.21 Å². The van der Waals surface area contributed by atoms with E-state index in [0.717, 1.165) is 6.42 Å². The highest BCUT2D eigenvalue weighted by Crippen LogP contribution is 1.94. The van der Waals surface area contributed by atoms with Gasteiger partial charge in [-0.1, -0.05) is 6.92 Å². The van der Waals surface area contributed by atoms with Crippen molar-refractivity contribution in [3.63, 3.8) is 0 Å². The average Bonchev–Trinajstić information content (AvgIpc) is 1.88. The predicted molar refractivity (Wildman–Crippen MR) is 38.2 cm³/mol. The van der Waals surface area contributed by atoms with Crippen LogP contribution in [0.15, 0.2) is 16.8 Å². The molecule has 0 fully saturated rings. The monoisotopic (exact) mass is 122 g/mol. The molecular formula is C7H10N2. The molecule has 0 aliphatic rings. The second-order valence-corrected chi connectivity index (χ2v) is 1.50. The van der Waals surface area contributed by atoms with E-state index in [0.29, 0.717) is 5.70 Å². The van der Waals surface area contributed by atoms with Crippen molar-refractivity contribution in [3.05, 3.63) is 11.8 Å². The van der Waals surface area contributed by atoms with Crippen molar-refractivity contribution in [2.24, 2.45) is 4.99 Å². The maximum atomic E-state index is 8.36. The Bertz CT molecular complexity index is 160. The smallest absolute Gasteiger partial charge is 0.136 e. The number of nitrogens with zero attached hydrogens (tertiary/aromatic N) is 2. The topological polar surface area (TPSA) is 36.1 Å². The second kappa shape index (κ2) is 5.04. The summed E-state index contributed by atoms with van der Waals surface area (Å²) in [5.74, 6) is 0. The highest BCUT2D eigenvalue weighted by molar-refractivity contribution is 5.56. The molecule has 0 atom stereocenters. The third-order valence-corrected chi connectivity index (χ3v) is 0.780. The minimum Gasteiger partial charge on any atom is -0.251 e. The summed E-state index contributed by atoms with van der Waals surface area (Å²) in [6.07, 6.45) is 4.27. The summed E-state index contributed by atoms with van der Waals surface area (Å²) in [7, 11) is 0. The van der Waals surface area contributed by atoms with Crippen LogP contribution < -0.4 is 0 Å². The van der Waals surface area contributed by atoms with Crippen molar-refractivity contribution in [3.8, 4) is 6.07 Å². The van der Waals surface area contributed by atoms with Crippen molar-refractivity contribution < 1.29 is 0 Å². The fourth-order valence-corrected chi connectivity index (χ4v) is 0.460. The first-order valence-electron chi connectivity index (χ1n) is 2.94. The maximum absolute atomic E-state index is 8.36. The largest absolute Gasteiger partial charge is 0.251 e. The number of nitriles is 1. The molecule has 0 amide bonds. The minimum absolute atomic E-state index is 0.500. The molecular weight excluding hydrogens is 112 g/mol. The molecule has 2 nitrogen and oxygen atoms in total. The van der Waals surface area contributed by atoms with Crippen LogP contribution in [-0.4, -0.2) is 6.21 Å². The summed E-state index contributed by atoms with van der Waals surface area (Å²) in [6, 6.07) is 1.97. The Morgan fingerprint density at radius 3 is 2.78 bits per heavy atom. The number of rotatable bonds is 2. The number of hydrogen-bond acceptors (Lipinski definition) is 2. The van der Waals surface area contributed by atoms with Crippen molar-refractivity contribution in [1.29, 1.82) is 5.26 Å². The van der Waals surface area contributed by atoms with E-state index in [1.54, 1.807) is 19.2 Å². The summed E-state index contributed by atoms with van der Waals surface area (Å²) in [5.41, 5.74) is 0.500. The second-order valence-electron chi connectivity index (χ2n) is 1.50. The van der Waals surface area contributed by atoms with Crippen LogP contribution in [0.5, 0.6) is 0 Å². The first-order chi connectivity index (χ1) is 4.35. The van der Waals surface area contributed by atoms with Gasteiger partial charge in [0.25, 0.3) is 0 Å². The van der Waals surface area contributed by atoms with Crippen LogP contribution >= 0.6 is 0 Å². The summed E-state index contributed by atoms with van der Waals surface area (Å²) < 4.78 is 0. The van der Waals surface area contributed by atoms with Gasteiger partial charge in [-0.3, -0.25) is 4.99 Å². The van der Waals surface area contributed by atoms with E-state index < -0.39 is 0 Å². The molecule has 0 bridgehead atoms. The normalized spacial score (nSPS) is 11.9. The zero-order valence-corrected chi connectivity index (χ0v) is 5.76. The van der Waals surface area contributed by atoms with E-state index in [2.05, 4.69) is 4.99 Å². The minimum atomic E-state index is 0.500. The number of hydrogen-bond donors (Lipinski definition) is 0. The Labute approximate surface area is 55.5 Å². The van der Waals surface area contributed by atoms with Crippen LogP contribution in [0.3, 0.4) is 0 Å². The van der Waals surface area contributed by atoms with Crippen molar-refractivity contribution >= 4 is 6.21 Å². The zero-order chi connectivity index (χ0) is 7.11. The van der Waals surface area contributed by atoms with Gasteiger partial charge in [0.05, 0.1) is 0 Å². The Balaban J connectivity index is 4.02. The molecule has 0 unspecified atom stereocenters. The molecule has 0 N–H and O–H groups in total. The molecule has 0 aliphatic heterocycles. The lowest BCUT2D eigenvalue weighted by molar-refractivity contribution is 1.19. The van der Waals surface area contributed by atoms with Gasteiger partial charge >= 0.3 is 0 Å². The van der Waals surface area contributed by atoms with Crippen LogP contribution in [0.1, 0.15) is 20.3 Å². The Hall–Kier alpha value is -1.10. The van der Waals surface area contributed by atoms with Crippen LogP contribution in [0.4, 0.5) is 0 Å². The Morgan fingerprint density at radius 1 is 1.78 bits per heavy atom. The fraction of sp³-hybridized carbons (Fsp3) is 0.429. The van der Waals surface area contributed by atoms with E-state index in [1.807, 2.05) is 13.0 Å². The van der Waals surface area contributed by atoms with E-state index in [4.69, 9.17) is 5.26 Å². The molecule has 0 spiro atoms. The zero-order valence-electron chi connectivity index (χ0n) is 5.76. The summed E-state index contributed by atoms with van der Waals surface area (Å²) in [5, 5.41) is 8.36. The van der Waals surface area contributed by atoms with E-state index in [-0.39, 0.29) is 0 Å². The molecule has 0 radical (unpaired) electrons. The number of aliphatic imine (C=N–C) groups is 1. The average molecular weight is 122 g/mol. The van der Waals surface area contributed by atoms with Gasteiger partial charge in [0.2, 0.25) is 0 Å². The van der Waals surface area contributed by atoms with Crippen molar-refractivity contribution in [2.45, 2.75) is 20.3 Å². The highest BCUT2D eigenvalue weighted by Gasteiger charge is 1.83. The van der Waals surface area contributed by atoms with Gasteiger partial charge in [0.15, 0.2) is 0 Å². The molecule has 0 saturated heterocycles. The standard InChI is InChI=1S/C7H10N2/c1-3-5-7(6-8)9-4-2/h4-5H,3H2,1-2H3/b7-5-,9-4-. The van der Waals surface area contributed by atoms with E-state index >= 15 is 0 Å². The summed E-state index contributed by atoms with van der Waals surface area (Å²) in [4.78, 5) is 3.81. The lowest BCUT2D eigenvalue weighted by Crippen LogP contribution is -1.71. The lowest BCUT2D eigenvalue weighted by Gasteiger charge is -1.82.